The van der Waals surface area contributed by atoms with E-state index in [1.54, 1.807) is 35.0 Å². The Kier molecular flexibility index (Phi) is 2.64. The van der Waals surface area contributed by atoms with Crippen LogP contribution in [0.2, 0.25) is 0 Å². The molecule has 0 aliphatic carbocycles. The molecule has 2 aromatic heterocycles. The van der Waals surface area contributed by atoms with Crippen LogP contribution < -0.4 is 10.5 Å². The standard InChI is InChI=1S/C14H11N3O2/c15-14(18)10-3-5-11(6-4-10)19-13-2-1-9-17-12(13)7-8-16-17/h1-9H,(H2,15,18). The molecule has 5 heteroatoms. The SMILES string of the molecule is NC(=O)c1ccc(Oc2cccn3nccc23)cc1. The number of carbonyl (C=O) groups excluding carboxylic acids is 1. The second-order valence-corrected chi connectivity index (χ2v) is 4.02. The van der Waals surface area contributed by atoms with Crippen LogP contribution in [0.3, 0.4) is 0 Å². The maximum Gasteiger partial charge on any atom is 0.248 e. The topological polar surface area (TPSA) is 69.6 Å². The van der Waals surface area contributed by atoms with Crippen molar-refractivity contribution in [2.45, 2.75) is 0 Å². The number of carbonyl (C=O) groups is 1. The van der Waals surface area contributed by atoms with Crippen LogP contribution in [0.1, 0.15) is 10.4 Å². The van der Waals surface area contributed by atoms with E-state index in [0.29, 0.717) is 17.1 Å². The summed E-state index contributed by atoms with van der Waals surface area (Å²) in [6.45, 7) is 0. The number of aromatic nitrogens is 2. The zero-order chi connectivity index (χ0) is 13.2. The number of amides is 1. The van der Waals surface area contributed by atoms with Crippen molar-refractivity contribution in [3.63, 3.8) is 0 Å². The Hall–Kier alpha value is -2.82. The fourth-order valence-corrected chi connectivity index (χ4v) is 1.83. The van der Waals surface area contributed by atoms with Crippen molar-refractivity contribution < 1.29 is 9.53 Å². The number of primary amides is 1. The zero-order valence-electron chi connectivity index (χ0n) is 9.98. The smallest absolute Gasteiger partial charge is 0.248 e. The van der Waals surface area contributed by atoms with E-state index in [4.69, 9.17) is 10.5 Å². The number of ether oxygens (including phenoxy) is 1. The molecule has 0 aliphatic rings. The normalized spacial score (nSPS) is 10.5. The second-order valence-electron chi connectivity index (χ2n) is 4.02. The number of benzene rings is 1. The van der Waals surface area contributed by atoms with Gasteiger partial charge in [-0.15, -0.1) is 0 Å². The maximum absolute atomic E-state index is 11.0. The monoisotopic (exact) mass is 253 g/mol. The van der Waals surface area contributed by atoms with Crippen molar-refractivity contribution in [2.75, 3.05) is 0 Å². The molecule has 0 unspecified atom stereocenters. The lowest BCUT2D eigenvalue weighted by atomic mass is 10.2. The molecule has 0 fully saturated rings. The molecule has 3 aromatic rings. The predicted octanol–water partition coefficient (Wildman–Crippen LogP) is 2.23. The molecule has 1 amide bonds. The molecule has 0 saturated carbocycles. The summed E-state index contributed by atoms with van der Waals surface area (Å²) in [5, 5.41) is 4.13. The molecule has 0 radical (unpaired) electrons. The van der Waals surface area contributed by atoms with Gasteiger partial charge < -0.3 is 10.5 Å². The van der Waals surface area contributed by atoms with Gasteiger partial charge in [-0.1, -0.05) is 0 Å². The molecular weight excluding hydrogens is 242 g/mol. The van der Waals surface area contributed by atoms with Gasteiger partial charge in [-0.25, -0.2) is 4.52 Å². The molecule has 0 aliphatic heterocycles. The van der Waals surface area contributed by atoms with Crippen molar-refractivity contribution in [2.24, 2.45) is 5.73 Å². The lowest BCUT2D eigenvalue weighted by Gasteiger charge is -2.07. The summed E-state index contributed by atoms with van der Waals surface area (Å²) in [5.41, 5.74) is 6.52. The molecule has 2 heterocycles. The predicted molar refractivity (Wildman–Crippen MR) is 70.2 cm³/mol. The number of hydrogen-bond donors (Lipinski definition) is 1. The van der Waals surface area contributed by atoms with E-state index in [1.807, 2.05) is 24.4 Å². The number of fused-ring (bicyclic) bond motifs is 1. The second kappa shape index (κ2) is 4.45. The summed E-state index contributed by atoms with van der Waals surface area (Å²) >= 11 is 0. The fraction of sp³-hybridized carbons (Fsp3) is 0. The first-order chi connectivity index (χ1) is 9.24. The van der Waals surface area contributed by atoms with Gasteiger partial charge in [0.2, 0.25) is 5.91 Å². The Balaban J connectivity index is 1.92. The molecule has 0 saturated heterocycles. The van der Waals surface area contributed by atoms with Gasteiger partial charge in [-0.2, -0.15) is 5.10 Å². The van der Waals surface area contributed by atoms with Crippen molar-refractivity contribution in [1.82, 2.24) is 9.61 Å². The average Bonchev–Trinajstić information content (AvgIpc) is 2.89. The quantitative estimate of drug-likeness (QED) is 0.778. The van der Waals surface area contributed by atoms with Crippen molar-refractivity contribution in [1.29, 1.82) is 0 Å². The highest BCUT2D eigenvalue weighted by Gasteiger charge is 2.05. The molecule has 3 rings (SSSR count). The number of pyridine rings is 1. The number of rotatable bonds is 3. The van der Waals surface area contributed by atoms with Gasteiger partial charge in [0.15, 0.2) is 5.75 Å². The lowest BCUT2D eigenvalue weighted by molar-refractivity contribution is 0.100. The van der Waals surface area contributed by atoms with Gasteiger partial charge in [0.05, 0.1) is 6.20 Å². The van der Waals surface area contributed by atoms with Crippen LogP contribution in [0.4, 0.5) is 0 Å². The molecule has 94 valence electrons. The minimum Gasteiger partial charge on any atom is -0.455 e. The van der Waals surface area contributed by atoms with Gasteiger partial charge in [0.25, 0.3) is 0 Å². The van der Waals surface area contributed by atoms with Gasteiger partial charge in [0, 0.05) is 11.8 Å². The van der Waals surface area contributed by atoms with Crippen LogP contribution in [0.25, 0.3) is 5.52 Å². The molecule has 0 spiro atoms. The molecule has 2 N–H and O–H groups in total. The largest absolute Gasteiger partial charge is 0.455 e. The number of hydrogen-bond acceptors (Lipinski definition) is 3. The first-order valence-electron chi connectivity index (χ1n) is 5.74. The van der Waals surface area contributed by atoms with E-state index in [0.717, 1.165) is 5.52 Å². The first kappa shape index (κ1) is 11.3. The highest BCUT2D eigenvalue weighted by Crippen LogP contribution is 2.25. The Morgan fingerprint density at radius 2 is 1.95 bits per heavy atom. The number of nitrogens with two attached hydrogens (primary N) is 1. The highest BCUT2D eigenvalue weighted by atomic mass is 16.5. The third kappa shape index (κ3) is 2.13. The summed E-state index contributed by atoms with van der Waals surface area (Å²) < 4.78 is 7.50. The third-order valence-corrected chi connectivity index (χ3v) is 2.76. The minimum absolute atomic E-state index is 0.454. The summed E-state index contributed by atoms with van der Waals surface area (Å²) in [5.74, 6) is 0.885. The Labute approximate surface area is 109 Å². The van der Waals surface area contributed by atoms with Gasteiger partial charge >= 0.3 is 0 Å². The highest BCUT2D eigenvalue weighted by molar-refractivity contribution is 5.92. The van der Waals surface area contributed by atoms with Crippen LogP contribution in [-0.4, -0.2) is 15.5 Å². The Bertz CT molecular complexity index is 732. The summed E-state index contributed by atoms with van der Waals surface area (Å²) in [7, 11) is 0. The van der Waals surface area contributed by atoms with Crippen LogP contribution in [0.5, 0.6) is 11.5 Å². The van der Waals surface area contributed by atoms with E-state index in [-0.39, 0.29) is 0 Å². The van der Waals surface area contributed by atoms with Crippen LogP contribution in [0, 0.1) is 0 Å². The Morgan fingerprint density at radius 3 is 2.68 bits per heavy atom. The van der Waals surface area contributed by atoms with E-state index >= 15 is 0 Å². The minimum atomic E-state index is -0.454. The van der Waals surface area contributed by atoms with E-state index in [9.17, 15) is 4.79 Å². The van der Waals surface area contributed by atoms with Gasteiger partial charge in [-0.05, 0) is 42.5 Å². The summed E-state index contributed by atoms with van der Waals surface area (Å²) in [6.07, 6.45) is 3.55. The average molecular weight is 253 g/mol. The van der Waals surface area contributed by atoms with Crippen molar-refractivity contribution in [3.8, 4) is 11.5 Å². The lowest BCUT2D eigenvalue weighted by Crippen LogP contribution is -2.10. The zero-order valence-corrected chi connectivity index (χ0v) is 9.98. The van der Waals surface area contributed by atoms with Crippen LogP contribution in [0.15, 0.2) is 54.9 Å². The van der Waals surface area contributed by atoms with Gasteiger partial charge in [-0.3, -0.25) is 4.79 Å². The summed E-state index contributed by atoms with van der Waals surface area (Å²) in [6, 6.07) is 12.3. The van der Waals surface area contributed by atoms with E-state index < -0.39 is 5.91 Å². The van der Waals surface area contributed by atoms with Crippen LogP contribution >= 0.6 is 0 Å². The van der Waals surface area contributed by atoms with Gasteiger partial charge in [0.1, 0.15) is 11.3 Å². The van der Waals surface area contributed by atoms with Crippen molar-refractivity contribution in [3.05, 3.63) is 60.4 Å². The molecule has 1 aromatic carbocycles. The summed E-state index contributed by atoms with van der Waals surface area (Å²) in [4.78, 5) is 11.0. The van der Waals surface area contributed by atoms with E-state index in [1.165, 1.54) is 0 Å². The molecular formula is C14H11N3O2. The fourth-order valence-electron chi connectivity index (χ4n) is 1.83. The maximum atomic E-state index is 11.0. The molecule has 19 heavy (non-hydrogen) atoms. The van der Waals surface area contributed by atoms with E-state index in [2.05, 4.69) is 5.10 Å². The number of nitrogens with zero attached hydrogens (tertiary/aromatic N) is 2. The molecule has 0 atom stereocenters. The first-order valence-corrected chi connectivity index (χ1v) is 5.74. The molecule has 0 bridgehead atoms. The Morgan fingerprint density at radius 1 is 1.16 bits per heavy atom. The van der Waals surface area contributed by atoms with Crippen molar-refractivity contribution >= 4 is 11.4 Å². The third-order valence-electron chi connectivity index (χ3n) is 2.76. The van der Waals surface area contributed by atoms with Crippen LogP contribution in [-0.2, 0) is 0 Å². The molecule has 5 nitrogen and oxygen atoms in total.